The Kier molecular flexibility index (Phi) is 5.47. The summed E-state index contributed by atoms with van der Waals surface area (Å²) in [5, 5.41) is 10.4. The first kappa shape index (κ1) is 13.4. The van der Waals surface area contributed by atoms with Gasteiger partial charge in [0, 0.05) is 20.5 Å². The molecule has 2 atom stereocenters. The van der Waals surface area contributed by atoms with Crippen LogP contribution in [0.1, 0.15) is 19.4 Å². The van der Waals surface area contributed by atoms with E-state index in [0.717, 1.165) is 20.8 Å². The highest BCUT2D eigenvalue weighted by atomic mass is 79.9. The van der Waals surface area contributed by atoms with Gasteiger partial charge in [-0.1, -0.05) is 40.5 Å². The van der Waals surface area contributed by atoms with Crippen LogP contribution in [0.4, 0.5) is 0 Å². The van der Waals surface area contributed by atoms with E-state index in [9.17, 15) is 5.11 Å². The van der Waals surface area contributed by atoms with Crippen molar-refractivity contribution in [1.82, 2.24) is 0 Å². The van der Waals surface area contributed by atoms with Crippen molar-refractivity contribution in [1.29, 1.82) is 0 Å². The first-order valence-corrected chi connectivity index (χ1v) is 6.96. The van der Waals surface area contributed by atoms with Crippen molar-refractivity contribution in [3.63, 3.8) is 0 Å². The van der Waals surface area contributed by atoms with Gasteiger partial charge in [0.05, 0.1) is 6.10 Å². The van der Waals surface area contributed by atoms with Gasteiger partial charge < -0.3 is 5.11 Å². The van der Waals surface area contributed by atoms with Crippen molar-refractivity contribution in [3.8, 4) is 0 Å². The van der Waals surface area contributed by atoms with E-state index >= 15 is 0 Å². The molecule has 0 bridgehead atoms. The summed E-state index contributed by atoms with van der Waals surface area (Å²) in [5.41, 5.74) is 1.11. The molecule has 1 aromatic rings. The van der Waals surface area contributed by atoms with Crippen LogP contribution >= 0.6 is 39.3 Å². The van der Waals surface area contributed by atoms with Crippen molar-refractivity contribution in [2.45, 2.75) is 31.0 Å². The van der Waals surface area contributed by atoms with Crippen molar-refractivity contribution in [2.24, 2.45) is 0 Å². The summed E-state index contributed by atoms with van der Waals surface area (Å²) in [7, 11) is 0. The normalized spacial score (nSPS) is 15.0. The van der Waals surface area contributed by atoms with Gasteiger partial charge in [-0.25, -0.2) is 0 Å². The zero-order valence-electron chi connectivity index (χ0n) is 8.71. The first-order chi connectivity index (χ1) is 7.00. The van der Waals surface area contributed by atoms with E-state index in [1.165, 1.54) is 0 Å². The van der Waals surface area contributed by atoms with E-state index in [2.05, 4.69) is 15.9 Å². The third kappa shape index (κ3) is 4.35. The van der Waals surface area contributed by atoms with Crippen LogP contribution in [0.25, 0.3) is 0 Å². The quantitative estimate of drug-likeness (QED) is 0.903. The molecular formula is C11H14BrClOS. The lowest BCUT2D eigenvalue weighted by atomic mass is 10.2. The maximum Gasteiger partial charge on any atom is 0.0628 e. The molecule has 15 heavy (non-hydrogen) atoms. The Morgan fingerprint density at radius 2 is 2.13 bits per heavy atom. The summed E-state index contributed by atoms with van der Waals surface area (Å²) in [4.78, 5) is 0. The van der Waals surface area contributed by atoms with Crippen LogP contribution in [0.2, 0.25) is 5.02 Å². The number of aliphatic hydroxyl groups is 1. The van der Waals surface area contributed by atoms with Crippen molar-refractivity contribution in [3.05, 3.63) is 33.3 Å². The standard InChI is InChI=1S/C11H14BrClOS/c1-7(14)8(2)15-6-9-3-4-10(12)5-11(9)13/h3-5,7-8,14H,6H2,1-2H3. The summed E-state index contributed by atoms with van der Waals surface area (Å²) in [6.45, 7) is 3.82. The number of hydrogen-bond acceptors (Lipinski definition) is 2. The molecule has 1 N–H and O–H groups in total. The van der Waals surface area contributed by atoms with Crippen molar-refractivity contribution >= 4 is 39.3 Å². The van der Waals surface area contributed by atoms with E-state index in [4.69, 9.17) is 11.6 Å². The Morgan fingerprint density at radius 1 is 1.47 bits per heavy atom. The number of hydrogen-bond donors (Lipinski definition) is 1. The fraction of sp³-hybridized carbons (Fsp3) is 0.455. The van der Waals surface area contributed by atoms with Gasteiger partial charge in [0.25, 0.3) is 0 Å². The van der Waals surface area contributed by atoms with Crippen LogP contribution in [-0.4, -0.2) is 16.5 Å². The van der Waals surface area contributed by atoms with Crippen LogP contribution in [-0.2, 0) is 5.75 Å². The van der Waals surface area contributed by atoms with Crippen LogP contribution in [0.5, 0.6) is 0 Å². The van der Waals surface area contributed by atoms with Crippen molar-refractivity contribution < 1.29 is 5.11 Å². The molecule has 1 aromatic carbocycles. The van der Waals surface area contributed by atoms with Crippen LogP contribution in [0.15, 0.2) is 22.7 Å². The second kappa shape index (κ2) is 6.14. The molecule has 1 nitrogen and oxygen atoms in total. The van der Waals surface area contributed by atoms with Gasteiger partial charge in [-0.15, -0.1) is 0 Å². The molecule has 1 rings (SSSR count). The molecule has 0 saturated heterocycles. The SMILES string of the molecule is CC(O)C(C)SCc1ccc(Br)cc1Cl. The van der Waals surface area contributed by atoms with E-state index in [1.807, 2.05) is 25.1 Å². The molecule has 0 aliphatic heterocycles. The van der Waals surface area contributed by atoms with Gasteiger partial charge in [-0.05, 0) is 24.6 Å². The molecule has 0 saturated carbocycles. The van der Waals surface area contributed by atoms with Gasteiger partial charge in [-0.3, -0.25) is 0 Å². The highest BCUT2D eigenvalue weighted by Gasteiger charge is 2.10. The molecule has 4 heteroatoms. The van der Waals surface area contributed by atoms with Crippen LogP contribution in [0, 0.1) is 0 Å². The summed E-state index contributed by atoms with van der Waals surface area (Å²) in [6.07, 6.45) is -0.288. The predicted molar refractivity (Wildman–Crippen MR) is 71.6 cm³/mol. The molecule has 0 aromatic heterocycles. The Bertz CT molecular complexity index is 330. The van der Waals surface area contributed by atoms with Gasteiger partial charge in [-0.2, -0.15) is 11.8 Å². The molecule has 84 valence electrons. The minimum atomic E-state index is -0.288. The first-order valence-electron chi connectivity index (χ1n) is 4.74. The summed E-state index contributed by atoms with van der Waals surface area (Å²) in [5.74, 6) is 0.832. The average Bonchev–Trinajstić information content (AvgIpc) is 2.15. The third-order valence-electron chi connectivity index (χ3n) is 2.20. The minimum Gasteiger partial charge on any atom is -0.392 e. The Balaban J connectivity index is 2.58. The molecule has 0 radical (unpaired) electrons. The smallest absolute Gasteiger partial charge is 0.0628 e. The number of aliphatic hydroxyl groups excluding tert-OH is 1. The van der Waals surface area contributed by atoms with Gasteiger partial charge >= 0.3 is 0 Å². The van der Waals surface area contributed by atoms with Crippen molar-refractivity contribution in [2.75, 3.05) is 0 Å². The Labute approximate surface area is 108 Å². The molecular weight excluding hydrogens is 296 g/mol. The average molecular weight is 310 g/mol. The lowest BCUT2D eigenvalue weighted by molar-refractivity contribution is 0.196. The van der Waals surface area contributed by atoms with E-state index in [0.29, 0.717) is 0 Å². The van der Waals surface area contributed by atoms with Gasteiger partial charge in [0.2, 0.25) is 0 Å². The Morgan fingerprint density at radius 3 is 2.67 bits per heavy atom. The summed E-state index contributed by atoms with van der Waals surface area (Å²) >= 11 is 11.2. The molecule has 0 fully saturated rings. The second-order valence-corrected chi connectivity index (χ2v) is 6.18. The molecule has 0 amide bonds. The number of thioether (sulfide) groups is 1. The molecule has 0 aliphatic rings. The fourth-order valence-corrected chi connectivity index (χ4v) is 2.79. The minimum absolute atomic E-state index is 0.227. The summed E-state index contributed by atoms with van der Waals surface area (Å²) < 4.78 is 0.991. The van der Waals surface area contributed by atoms with Crippen LogP contribution in [0.3, 0.4) is 0 Å². The molecule has 0 aliphatic carbocycles. The number of halogens is 2. The lowest BCUT2D eigenvalue weighted by Crippen LogP contribution is -2.15. The van der Waals surface area contributed by atoms with E-state index in [1.54, 1.807) is 18.7 Å². The maximum atomic E-state index is 9.35. The lowest BCUT2D eigenvalue weighted by Gasteiger charge is -2.14. The highest BCUT2D eigenvalue weighted by Crippen LogP contribution is 2.27. The number of rotatable bonds is 4. The summed E-state index contributed by atoms with van der Waals surface area (Å²) in [6, 6.07) is 5.88. The molecule has 0 heterocycles. The number of benzene rings is 1. The monoisotopic (exact) mass is 308 g/mol. The molecule has 0 spiro atoms. The second-order valence-electron chi connectivity index (χ2n) is 3.49. The largest absolute Gasteiger partial charge is 0.392 e. The molecule has 2 unspecified atom stereocenters. The fourth-order valence-electron chi connectivity index (χ4n) is 0.999. The van der Waals surface area contributed by atoms with E-state index < -0.39 is 0 Å². The zero-order valence-corrected chi connectivity index (χ0v) is 11.9. The predicted octanol–water partition coefficient (Wildman–Crippen LogP) is 4.11. The highest BCUT2D eigenvalue weighted by molar-refractivity contribution is 9.10. The zero-order chi connectivity index (χ0) is 11.4. The maximum absolute atomic E-state index is 9.35. The Hall–Kier alpha value is 0.300. The van der Waals surface area contributed by atoms with Gasteiger partial charge in [0.15, 0.2) is 0 Å². The third-order valence-corrected chi connectivity index (χ3v) is 4.44. The van der Waals surface area contributed by atoms with Gasteiger partial charge in [0.1, 0.15) is 0 Å². The topological polar surface area (TPSA) is 20.2 Å². The van der Waals surface area contributed by atoms with E-state index in [-0.39, 0.29) is 11.4 Å². The van der Waals surface area contributed by atoms with Crippen LogP contribution < -0.4 is 0 Å².